The van der Waals surface area contributed by atoms with Crippen LogP contribution in [0.4, 0.5) is 0 Å². The van der Waals surface area contributed by atoms with Crippen LogP contribution < -0.4 is 10.3 Å². The average Bonchev–Trinajstić information content (AvgIpc) is 2.08. The summed E-state index contributed by atoms with van der Waals surface area (Å²) in [6.07, 6.45) is 2.90. The predicted octanol–water partition coefficient (Wildman–Crippen LogP) is 0.939. The fourth-order valence-electron chi connectivity index (χ4n) is 0.605. The van der Waals surface area contributed by atoms with Crippen molar-refractivity contribution < 1.29 is 4.74 Å². The Morgan fingerprint density at radius 1 is 1.83 bits per heavy atom. The van der Waals surface area contributed by atoms with Crippen molar-refractivity contribution in [3.8, 4) is 5.88 Å². The summed E-state index contributed by atoms with van der Waals surface area (Å²) in [5.74, 6) is 0.347. The van der Waals surface area contributed by atoms with Crippen molar-refractivity contribution in [2.45, 2.75) is 0 Å². The second-order valence-electron chi connectivity index (χ2n) is 1.95. The third-order valence-corrected chi connectivity index (χ3v) is 2.05. The van der Waals surface area contributed by atoms with Gasteiger partial charge in [0.15, 0.2) is 0 Å². The Hall–Kier alpha value is -0.850. The first kappa shape index (κ1) is 9.24. The molecule has 0 aliphatic rings. The molecule has 12 heavy (non-hydrogen) atoms. The van der Waals surface area contributed by atoms with Crippen LogP contribution in [0.3, 0.4) is 0 Å². The number of nitrogens with zero attached hydrogens (tertiary/aromatic N) is 1. The quantitative estimate of drug-likeness (QED) is 0.661. The molecule has 0 aliphatic heterocycles. The van der Waals surface area contributed by atoms with E-state index in [0.717, 1.165) is 0 Å². The Kier molecular flexibility index (Phi) is 3.27. The molecule has 64 valence electrons. The summed E-state index contributed by atoms with van der Waals surface area (Å²) in [4.78, 5) is 17.3. The molecule has 0 unspecified atom stereocenters. The molecule has 0 radical (unpaired) electrons. The van der Waals surface area contributed by atoms with Gasteiger partial charge in [-0.05, 0) is 22.6 Å². The molecule has 0 bridgehead atoms. The van der Waals surface area contributed by atoms with Crippen LogP contribution in [0.5, 0.6) is 5.88 Å². The number of rotatable bonds is 3. The topological polar surface area (TPSA) is 55.0 Å². The summed E-state index contributed by atoms with van der Waals surface area (Å²) in [7, 11) is 0. The molecule has 0 amide bonds. The maximum absolute atomic E-state index is 11.0. The molecular weight excluding hydrogens is 271 g/mol. The van der Waals surface area contributed by atoms with Crippen LogP contribution in [-0.2, 0) is 0 Å². The van der Waals surface area contributed by atoms with Crippen LogP contribution in [0.15, 0.2) is 23.8 Å². The molecule has 4 nitrogen and oxygen atoms in total. The summed E-state index contributed by atoms with van der Waals surface area (Å²) >= 11 is 1.88. The van der Waals surface area contributed by atoms with E-state index in [1.807, 2.05) is 22.6 Å². The molecule has 1 heterocycles. The standard InChI is InChI=1S/C7H7IN2O2/c1-2-3-12-7-5(8)6(11)9-4-10-7/h2,4H,1,3H2,(H,9,10,11). The normalized spacial score (nSPS) is 9.42. The van der Waals surface area contributed by atoms with Gasteiger partial charge in [-0.15, -0.1) is 0 Å². The van der Waals surface area contributed by atoms with Crippen LogP contribution in [0, 0.1) is 3.57 Å². The number of hydrogen-bond acceptors (Lipinski definition) is 3. The van der Waals surface area contributed by atoms with Gasteiger partial charge in [0.2, 0.25) is 5.88 Å². The van der Waals surface area contributed by atoms with Crippen molar-refractivity contribution in [1.29, 1.82) is 0 Å². The van der Waals surface area contributed by atoms with Crippen LogP contribution in [0.2, 0.25) is 0 Å². The number of halogens is 1. The molecule has 1 rings (SSSR count). The number of nitrogens with one attached hydrogen (secondary N) is 1. The summed E-state index contributed by atoms with van der Waals surface area (Å²) < 4.78 is 5.57. The van der Waals surface area contributed by atoms with Crippen LogP contribution in [-0.4, -0.2) is 16.6 Å². The van der Waals surface area contributed by atoms with E-state index in [1.165, 1.54) is 6.33 Å². The molecule has 0 saturated heterocycles. The minimum Gasteiger partial charge on any atom is -0.473 e. The zero-order valence-corrected chi connectivity index (χ0v) is 8.37. The van der Waals surface area contributed by atoms with Gasteiger partial charge in [0, 0.05) is 0 Å². The second kappa shape index (κ2) is 4.24. The molecule has 0 aliphatic carbocycles. The highest BCUT2D eigenvalue weighted by molar-refractivity contribution is 14.1. The molecular formula is C7H7IN2O2. The Labute approximate surface area is 82.8 Å². The number of aromatic nitrogens is 2. The van der Waals surface area contributed by atoms with Gasteiger partial charge >= 0.3 is 0 Å². The van der Waals surface area contributed by atoms with Crippen molar-refractivity contribution in [2.24, 2.45) is 0 Å². The van der Waals surface area contributed by atoms with Gasteiger partial charge in [0.25, 0.3) is 5.56 Å². The first-order chi connectivity index (χ1) is 5.75. The Morgan fingerprint density at radius 3 is 3.25 bits per heavy atom. The Balaban J connectivity index is 2.92. The Bertz CT molecular complexity index is 334. The lowest BCUT2D eigenvalue weighted by Gasteiger charge is -2.01. The van der Waals surface area contributed by atoms with Crippen molar-refractivity contribution in [2.75, 3.05) is 6.61 Å². The summed E-state index contributed by atoms with van der Waals surface area (Å²) in [5, 5.41) is 0. The highest BCUT2D eigenvalue weighted by Gasteiger charge is 2.04. The van der Waals surface area contributed by atoms with Crippen LogP contribution in [0.1, 0.15) is 0 Å². The van der Waals surface area contributed by atoms with E-state index in [4.69, 9.17) is 4.74 Å². The highest BCUT2D eigenvalue weighted by atomic mass is 127. The maximum atomic E-state index is 11.0. The number of hydrogen-bond donors (Lipinski definition) is 1. The number of ether oxygens (including phenoxy) is 1. The Morgan fingerprint density at radius 2 is 2.58 bits per heavy atom. The molecule has 0 aromatic carbocycles. The fourth-order valence-corrected chi connectivity index (χ4v) is 1.06. The first-order valence-electron chi connectivity index (χ1n) is 3.22. The molecule has 1 aromatic rings. The molecule has 0 saturated carbocycles. The molecule has 0 spiro atoms. The monoisotopic (exact) mass is 278 g/mol. The fraction of sp³-hybridized carbons (Fsp3) is 0.143. The van der Waals surface area contributed by atoms with Crippen LogP contribution in [0.25, 0.3) is 0 Å². The van der Waals surface area contributed by atoms with E-state index >= 15 is 0 Å². The maximum Gasteiger partial charge on any atom is 0.268 e. The van der Waals surface area contributed by atoms with Gasteiger partial charge in [-0.3, -0.25) is 4.79 Å². The van der Waals surface area contributed by atoms with Crippen molar-refractivity contribution >= 4 is 22.6 Å². The third-order valence-electron chi connectivity index (χ3n) is 1.10. The molecule has 5 heteroatoms. The molecule has 1 aromatic heterocycles. The predicted molar refractivity (Wildman–Crippen MR) is 53.3 cm³/mol. The van der Waals surface area contributed by atoms with Gasteiger partial charge in [-0.1, -0.05) is 12.7 Å². The lowest BCUT2D eigenvalue weighted by molar-refractivity contribution is 0.344. The molecule has 0 fully saturated rings. The van der Waals surface area contributed by atoms with E-state index in [1.54, 1.807) is 6.08 Å². The third kappa shape index (κ3) is 2.07. The number of H-pyrrole nitrogens is 1. The van der Waals surface area contributed by atoms with Crippen molar-refractivity contribution in [1.82, 2.24) is 9.97 Å². The largest absolute Gasteiger partial charge is 0.473 e. The van der Waals surface area contributed by atoms with Crippen LogP contribution >= 0.6 is 22.6 Å². The minimum atomic E-state index is -0.190. The zero-order chi connectivity index (χ0) is 8.97. The lowest BCUT2D eigenvalue weighted by Crippen LogP contribution is -2.12. The SMILES string of the molecule is C=CCOc1nc[nH]c(=O)c1I. The van der Waals surface area contributed by atoms with Gasteiger partial charge in [-0.25, -0.2) is 4.98 Å². The summed E-state index contributed by atoms with van der Waals surface area (Å²) in [6.45, 7) is 3.84. The zero-order valence-electron chi connectivity index (χ0n) is 6.21. The molecule has 1 N–H and O–H groups in total. The van der Waals surface area contributed by atoms with Crippen molar-refractivity contribution in [3.05, 3.63) is 32.9 Å². The van der Waals surface area contributed by atoms with Gasteiger partial charge in [0.1, 0.15) is 10.2 Å². The summed E-state index contributed by atoms with van der Waals surface area (Å²) in [6, 6.07) is 0. The first-order valence-corrected chi connectivity index (χ1v) is 4.30. The highest BCUT2D eigenvalue weighted by Crippen LogP contribution is 2.10. The lowest BCUT2D eigenvalue weighted by atomic mass is 10.6. The van der Waals surface area contributed by atoms with Gasteiger partial charge in [0.05, 0.1) is 6.33 Å². The van der Waals surface area contributed by atoms with E-state index in [-0.39, 0.29) is 5.56 Å². The van der Waals surface area contributed by atoms with Gasteiger partial charge < -0.3 is 9.72 Å². The average molecular weight is 278 g/mol. The van der Waals surface area contributed by atoms with Crippen molar-refractivity contribution in [3.63, 3.8) is 0 Å². The smallest absolute Gasteiger partial charge is 0.268 e. The van der Waals surface area contributed by atoms with E-state index < -0.39 is 0 Å². The number of aromatic amines is 1. The summed E-state index contributed by atoms with van der Waals surface area (Å²) in [5.41, 5.74) is -0.190. The minimum absolute atomic E-state index is 0.190. The van der Waals surface area contributed by atoms with E-state index in [9.17, 15) is 4.79 Å². The van der Waals surface area contributed by atoms with E-state index in [2.05, 4.69) is 16.5 Å². The van der Waals surface area contributed by atoms with E-state index in [0.29, 0.717) is 16.1 Å². The second-order valence-corrected chi connectivity index (χ2v) is 3.03. The van der Waals surface area contributed by atoms with Gasteiger partial charge in [-0.2, -0.15) is 0 Å². The molecule has 0 atom stereocenters.